The van der Waals surface area contributed by atoms with Gasteiger partial charge in [-0.15, -0.1) is 0 Å². The lowest BCUT2D eigenvalue weighted by atomic mass is 10.1. The van der Waals surface area contributed by atoms with Crippen molar-refractivity contribution in [3.8, 4) is 11.8 Å². The first-order valence-electron chi connectivity index (χ1n) is 6.69. The number of alkyl halides is 6. The zero-order chi connectivity index (χ0) is 19.9. The zero-order valence-electron chi connectivity index (χ0n) is 12.9. The van der Waals surface area contributed by atoms with Crippen molar-refractivity contribution >= 4 is 11.7 Å². The number of benzene rings is 1. The molecule has 2 rings (SSSR count). The Hall–Kier alpha value is -3.16. The highest BCUT2D eigenvalue weighted by Gasteiger charge is 2.43. The Morgan fingerprint density at radius 2 is 1.73 bits per heavy atom. The molecule has 0 amide bonds. The summed E-state index contributed by atoms with van der Waals surface area (Å²) in [6.45, 7) is 0. The summed E-state index contributed by atoms with van der Waals surface area (Å²) < 4.78 is 83.0. The minimum Gasteiger partial charge on any atom is -0.464 e. The van der Waals surface area contributed by atoms with Crippen LogP contribution in [-0.4, -0.2) is 17.6 Å². The molecule has 1 aromatic heterocycles. The Morgan fingerprint density at radius 1 is 1.15 bits per heavy atom. The maximum atomic E-state index is 13.1. The highest BCUT2D eigenvalue weighted by Crippen LogP contribution is 2.41. The van der Waals surface area contributed by atoms with Gasteiger partial charge < -0.3 is 15.0 Å². The van der Waals surface area contributed by atoms with Crippen LogP contribution in [-0.2, 0) is 17.1 Å². The molecule has 2 N–H and O–H groups in total. The van der Waals surface area contributed by atoms with Gasteiger partial charge in [-0.25, -0.2) is 4.79 Å². The van der Waals surface area contributed by atoms with Gasteiger partial charge in [0.25, 0.3) is 0 Å². The Morgan fingerprint density at radius 3 is 2.19 bits per heavy atom. The van der Waals surface area contributed by atoms with Crippen LogP contribution in [0.5, 0.6) is 0 Å². The maximum absolute atomic E-state index is 13.1. The average Bonchev–Trinajstić information content (AvgIpc) is 2.88. The van der Waals surface area contributed by atoms with E-state index in [0.717, 1.165) is 23.9 Å². The number of ether oxygens (including phenoxy) is 1. The summed E-state index contributed by atoms with van der Waals surface area (Å²) in [4.78, 5) is 11.8. The number of esters is 1. The van der Waals surface area contributed by atoms with Gasteiger partial charge in [0.05, 0.1) is 29.5 Å². The van der Waals surface area contributed by atoms with Crippen LogP contribution in [0, 0.1) is 11.3 Å². The van der Waals surface area contributed by atoms with Crippen molar-refractivity contribution in [3.05, 3.63) is 46.8 Å². The third-order valence-corrected chi connectivity index (χ3v) is 3.44. The summed E-state index contributed by atoms with van der Waals surface area (Å²) in [5, 5.41) is 8.97. The Bertz CT molecular complexity index is 906. The van der Waals surface area contributed by atoms with Gasteiger partial charge in [-0.2, -0.15) is 31.6 Å². The number of halogens is 6. The van der Waals surface area contributed by atoms with Gasteiger partial charge in [0.2, 0.25) is 0 Å². The predicted octanol–water partition coefficient (Wildman–Crippen LogP) is 3.76. The number of nitrogens with two attached hydrogens (primary N) is 1. The van der Waals surface area contributed by atoms with E-state index in [1.165, 1.54) is 0 Å². The summed E-state index contributed by atoms with van der Waals surface area (Å²) in [5.41, 5.74) is 0.245. The van der Waals surface area contributed by atoms with E-state index in [9.17, 15) is 31.1 Å². The first-order valence-corrected chi connectivity index (χ1v) is 6.69. The van der Waals surface area contributed by atoms with Gasteiger partial charge in [-0.3, -0.25) is 0 Å². The van der Waals surface area contributed by atoms with Gasteiger partial charge in [0.1, 0.15) is 6.07 Å². The molecule has 138 valence electrons. The highest BCUT2D eigenvalue weighted by atomic mass is 19.4. The predicted molar refractivity (Wildman–Crippen MR) is 76.2 cm³/mol. The summed E-state index contributed by atoms with van der Waals surface area (Å²) >= 11 is 0. The lowest BCUT2D eigenvalue weighted by Crippen LogP contribution is -2.18. The number of anilines is 1. The molecule has 0 atom stereocenters. The number of nitriles is 1. The van der Waals surface area contributed by atoms with Crippen LogP contribution in [0.2, 0.25) is 0 Å². The summed E-state index contributed by atoms with van der Waals surface area (Å²) in [7, 11) is 0.971. The molecule has 1 heterocycles. The SMILES string of the molecule is COC(=O)c1c(N)c(C#N)cn1-c1ccc(C(F)(F)F)c(C(F)(F)F)c1. The van der Waals surface area contributed by atoms with Crippen molar-refractivity contribution in [2.45, 2.75) is 12.4 Å². The second-order valence-corrected chi connectivity index (χ2v) is 5.00. The highest BCUT2D eigenvalue weighted by molar-refractivity contribution is 5.95. The minimum absolute atomic E-state index is 0.218. The van der Waals surface area contributed by atoms with E-state index < -0.39 is 40.8 Å². The van der Waals surface area contributed by atoms with Crippen molar-refractivity contribution in [2.24, 2.45) is 0 Å². The second kappa shape index (κ2) is 6.29. The Balaban J connectivity index is 2.79. The number of carbonyl (C=O) groups excluding carboxylic acids is 1. The van der Waals surface area contributed by atoms with Crippen LogP contribution in [0.3, 0.4) is 0 Å². The molecule has 0 aliphatic carbocycles. The molecule has 0 spiro atoms. The molecule has 0 bridgehead atoms. The molecular weight excluding hydrogens is 368 g/mol. The first kappa shape index (κ1) is 19.2. The normalized spacial score (nSPS) is 11.9. The van der Waals surface area contributed by atoms with Crippen LogP contribution < -0.4 is 5.73 Å². The van der Waals surface area contributed by atoms with E-state index in [4.69, 9.17) is 11.0 Å². The summed E-state index contributed by atoms with van der Waals surface area (Å²) in [5.74, 6) is -1.07. The number of nitrogen functional groups attached to an aromatic ring is 1. The fraction of sp³-hybridized carbons (Fsp3) is 0.200. The van der Waals surface area contributed by atoms with Crippen molar-refractivity contribution in [2.75, 3.05) is 12.8 Å². The molecule has 2 aromatic rings. The van der Waals surface area contributed by atoms with E-state index in [1.807, 2.05) is 0 Å². The van der Waals surface area contributed by atoms with E-state index in [1.54, 1.807) is 6.07 Å². The molecule has 26 heavy (non-hydrogen) atoms. The fourth-order valence-corrected chi connectivity index (χ4v) is 2.28. The number of carbonyl (C=O) groups is 1. The van der Waals surface area contributed by atoms with Crippen molar-refractivity contribution in [1.82, 2.24) is 4.57 Å². The molecule has 0 saturated carbocycles. The van der Waals surface area contributed by atoms with Gasteiger partial charge in [-0.1, -0.05) is 0 Å². The largest absolute Gasteiger partial charge is 0.464 e. The van der Waals surface area contributed by atoms with Gasteiger partial charge in [-0.05, 0) is 18.2 Å². The van der Waals surface area contributed by atoms with Gasteiger partial charge >= 0.3 is 18.3 Å². The Labute approximate surface area is 142 Å². The quantitative estimate of drug-likeness (QED) is 0.638. The molecule has 0 saturated heterocycles. The molecule has 0 unspecified atom stereocenters. The topological polar surface area (TPSA) is 81.0 Å². The van der Waals surface area contributed by atoms with E-state index in [0.29, 0.717) is 0 Å². The van der Waals surface area contributed by atoms with Crippen molar-refractivity contribution in [3.63, 3.8) is 0 Å². The van der Waals surface area contributed by atoms with Crippen molar-refractivity contribution in [1.29, 1.82) is 5.26 Å². The van der Waals surface area contributed by atoms with Gasteiger partial charge in [0, 0.05) is 11.9 Å². The molecule has 5 nitrogen and oxygen atoms in total. The van der Waals surface area contributed by atoms with E-state index in [-0.39, 0.29) is 23.4 Å². The molecule has 0 aliphatic heterocycles. The molecule has 11 heteroatoms. The molecule has 0 fully saturated rings. The van der Waals surface area contributed by atoms with Gasteiger partial charge in [0.15, 0.2) is 5.69 Å². The molecule has 0 aliphatic rings. The standard InChI is InChI=1S/C15H9F6N3O2/c1-26-13(25)12-11(23)7(5-22)6-24(12)8-2-3-9(14(16,17)18)10(4-8)15(19,20)21/h2-4,6H,23H2,1H3. The van der Waals surface area contributed by atoms with Crippen LogP contribution in [0.1, 0.15) is 27.2 Å². The maximum Gasteiger partial charge on any atom is 0.417 e. The number of hydrogen-bond donors (Lipinski definition) is 1. The summed E-state index contributed by atoms with van der Waals surface area (Å²) in [6.07, 6.45) is -9.60. The Kier molecular flexibility index (Phi) is 4.64. The lowest BCUT2D eigenvalue weighted by Gasteiger charge is -2.17. The van der Waals surface area contributed by atoms with Crippen LogP contribution in [0.15, 0.2) is 24.4 Å². The number of methoxy groups -OCH3 is 1. The zero-order valence-corrected chi connectivity index (χ0v) is 12.9. The number of hydrogen-bond acceptors (Lipinski definition) is 4. The van der Waals surface area contributed by atoms with Crippen LogP contribution in [0.4, 0.5) is 32.0 Å². The monoisotopic (exact) mass is 377 g/mol. The number of nitrogens with zero attached hydrogens (tertiary/aromatic N) is 2. The second-order valence-electron chi connectivity index (χ2n) is 5.00. The van der Waals surface area contributed by atoms with Crippen LogP contribution >= 0.6 is 0 Å². The molecule has 0 radical (unpaired) electrons. The van der Waals surface area contributed by atoms with E-state index in [2.05, 4.69) is 4.74 Å². The lowest BCUT2D eigenvalue weighted by molar-refractivity contribution is -0.162. The third kappa shape index (κ3) is 3.30. The summed E-state index contributed by atoms with van der Waals surface area (Å²) in [6, 6.07) is 2.81. The minimum atomic E-state index is -5.30. The van der Waals surface area contributed by atoms with Crippen molar-refractivity contribution < 1.29 is 35.9 Å². The first-order chi connectivity index (χ1) is 11.9. The average molecular weight is 377 g/mol. The van der Waals surface area contributed by atoms with E-state index >= 15 is 0 Å². The molecule has 1 aromatic carbocycles. The number of aromatic nitrogens is 1. The smallest absolute Gasteiger partial charge is 0.417 e. The number of rotatable bonds is 2. The fourth-order valence-electron chi connectivity index (χ4n) is 2.28. The third-order valence-electron chi connectivity index (χ3n) is 3.44. The van der Waals surface area contributed by atoms with Crippen LogP contribution in [0.25, 0.3) is 5.69 Å². The molecular formula is C15H9F6N3O2.